The fourth-order valence-corrected chi connectivity index (χ4v) is 3.65. The summed E-state index contributed by atoms with van der Waals surface area (Å²) in [6.07, 6.45) is 4.24. The first kappa shape index (κ1) is 25.0. The lowest BCUT2D eigenvalue weighted by Gasteiger charge is -2.34. The van der Waals surface area contributed by atoms with E-state index in [1.807, 2.05) is 12.1 Å². The van der Waals surface area contributed by atoms with Gasteiger partial charge in [0.1, 0.15) is 0 Å². The summed E-state index contributed by atoms with van der Waals surface area (Å²) >= 11 is 0. The molecule has 0 saturated carbocycles. The quantitative estimate of drug-likeness (QED) is 0.239. The lowest BCUT2D eigenvalue weighted by Crippen LogP contribution is -2.47. The van der Waals surface area contributed by atoms with E-state index >= 15 is 0 Å². The molecule has 0 bridgehead atoms. The molecule has 0 unspecified atom stereocenters. The Labute approximate surface area is 197 Å². The number of methoxy groups -OCH3 is 1. The van der Waals surface area contributed by atoms with Gasteiger partial charge in [-0.05, 0) is 32.3 Å². The van der Waals surface area contributed by atoms with Crippen molar-refractivity contribution in [2.75, 3.05) is 53.2 Å². The average molecular weight is 533 g/mol. The Morgan fingerprint density at radius 2 is 2.00 bits per heavy atom. The van der Waals surface area contributed by atoms with Gasteiger partial charge >= 0.3 is 0 Å². The molecule has 3 rings (SSSR count). The summed E-state index contributed by atoms with van der Waals surface area (Å²) in [4.78, 5) is 7.23. The highest BCUT2D eigenvalue weighted by Gasteiger charge is 2.22. The molecule has 8 heteroatoms. The molecule has 7 nitrogen and oxygen atoms in total. The first-order valence-electron chi connectivity index (χ1n) is 10.8. The molecule has 1 N–H and O–H groups in total. The van der Waals surface area contributed by atoms with E-state index in [0.29, 0.717) is 25.9 Å². The topological polar surface area (TPSA) is 64.6 Å². The smallest absolute Gasteiger partial charge is 0.194 e. The van der Waals surface area contributed by atoms with Crippen LogP contribution in [0.2, 0.25) is 0 Å². The van der Waals surface area contributed by atoms with E-state index in [9.17, 15) is 0 Å². The molecule has 0 amide bonds. The molecular formula is C22H36IN3O4. The summed E-state index contributed by atoms with van der Waals surface area (Å²) in [5, 5.41) is 3.44. The molecule has 170 valence electrons. The van der Waals surface area contributed by atoms with Crippen LogP contribution < -0.4 is 14.8 Å². The molecule has 1 fully saturated rings. The maximum atomic E-state index is 5.98. The van der Waals surface area contributed by atoms with Gasteiger partial charge in [-0.3, -0.25) is 0 Å². The number of fused-ring (bicyclic) bond motifs is 1. The van der Waals surface area contributed by atoms with Gasteiger partial charge in [0.25, 0.3) is 0 Å². The first-order valence-corrected chi connectivity index (χ1v) is 10.8. The molecule has 1 aromatic rings. The Kier molecular flexibility index (Phi) is 11.6. The van der Waals surface area contributed by atoms with Gasteiger partial charge in [0.2, 0.25) is 0 Å². The van der Waals surface area contributed by atoms with Gasteiger partial charge in [-0.15, -0.1) is 24.0 Å². The Bertz CT molecular complexity index is 651. The number of nitrogens with zero attached hydrogens (tertiary/aromatic N) is 2. The van der Waals surface area contributed by atoms with Crippen LogP contribution in [0.25, 0.3) is 0 Å². The van der Waals surface area contributed by atoms with E-state index in [4.69, 9.17) is 23.9 Å². The third kappa shape index (κ3) is 7.46. The number of rotatable bonds is 8. The van der Waals surface area contributed by atoms with E-state index in [0.717, 1.165) is 81.6 Å². The number of ether oxygens (including phenoxy) is 4. The van der Waals surface area contributed by atoms with Crippen LogP contribution in [0, 0.1) is 0 Å². The second-order valence-electron chi connectivity index (χ2n) is 7.37. The molecule has 0 atom stereocenters. The van der Waals surface area contributed by atoms with Crippen LogP contribution >= 0.6 is 24.0 Å². The predicted molar refractivity (Wildman–Crippen MR) is 129 cm³/mol. The van der Waals surface area contributed by atoms with Gasteiger partial charge in [0.05, 0.1) is 25.9 Å². The van der Waals surface area contributed by atoms with Crippen LogP contribution in [-0.4, -0.2) is 70.1 Å². The maximum absolute atomic E-state index is 5.98. The maximum Gasteiger partial charge on any atom is 0.194 e. The van der Waals surface area contributed by atoms with Crippen molar-refractivity contribution in [3.8, 4) is 11.5 Å². The zero-order chi connectivity index (χ0) is 20.3. The fraction of sp³-hybridized carbons (Fsp3) is 0.682. The zero-order valence-electron chi connectivity index (χ0n) is 18.2. The molecule has 1 aromatic carbocycles. The SMILES string of the molecule is CCNC(=NCc1cccc2c1OCCCO2)N1CCC(OCCCOC)CC1.I. The number of guanidine groups is 1. The van der Waals surface area contributed by atoms with Crippen LogP contribution in [0.4, 0.5) is 0 Å². The van der Waals surface area contributed by atoms with Crippen molar-refractivity contribution in [1.29, 1.82) is 0 Å². The van der Waals surface area contributed by atoms with Gasteiger partial charge in [-0.2, -0.15) is 0 Å². The number of benzene rings is 1. The monoisotopic (exact) mass is 533 g/mol. The summed E-state index contributed by atoms with van der Waals surface area (Å²) < 4.78 is 22.8. The highest BCUT2D eigenvalue weighted by atomic mass is 127. The number of para-hydroxylation sites is 1. The molecule has 1 saturated heterocycles. The Morgan fingerprint density at radius 3 is 2.77 bits per heavy atom. The molecule has 30 heavy (non-hydrogen) atoms. The Hall–Kier alpha value is -1.26. The second-order valence-corrected chi connectivity index (χ2v) is 7.37. The third-order valence-corrected chi connectivity index (χ3v) is 5.18. The number of likely N-dealkylation sites (tertiary alicyclic amines) is 1. The highest BCUT2D eigenvalue weighted by molar-refractivity contribution is 14.0. The number of nitrogens with one attached hydrogen (secondary N) is 1. The average Bonchev–Trinajstić information content (AvgIpc) is 3.01. The van der Waals surface area contributed by atoms with Gasteiger partial charge in [-0.25, -0.2) is 4.99 Å². The molecular weight excluding hydrogens is 497 g/mol. The van der Waals surface area contributed by atoms with Crippen LogP contribution in [0.15, 0.2) is 23.2 Å². The number of aliphatic imine (C=N–C) groups is 1. The van der Waals surface area contributed by atoms with Crippen LogP contribution in [0.3, 0.4) is 0 Å². The molecule has 2 aliphatic rings. The van der Waals surface area contributed by atoms with Gasteiger partial charge in [0, 0.05) is 51.9 Å². The van der Waals surface area contributed by atoms with Crippen molar-refractivity contribution < 1.29 is 18.9 Å². The van der Waals surface area contributed by atoms with Crippen molar-refractivity contribution in [3.05, 3.63) is 23.8 Å². The van der Waals surface area contributed by atoms with Crippen LogP contribution in [0.5, 0.6) is 11.5 Å². The van der Waals surface area contributed by atoms with E-state index in [1.165, 1.54) is 0 Å². The van der Waals surface area contributed by atoms with Gasteiger partial charge < -0.3 is 29.2 Å². The summed E-state index contributed by atoms with van der Waals surface area (Å²) in [5.41, 5.74) is 1.07. The normalized spacial score (nSPS) is 17.3. The zero-order valence-corrected chi connectivity index (χ0v) is 20.6. The van der Waals surface area contributed by atoms with Crippen molar-refractivity contribution in [3.63, 3.8) is 0 Å². The first-order chi connectivity index (χ1) is 14.3. The number of hydrogen-bond donors (Lipinski definition) is 1. The van der Waals surface area contributed by atoms with Crippen molar-refractivity contribution in [2.24, 2.45) is 4.99 Å². The molecule has 0 aromatic heterocycles. The Morgan fingerprint density at radius 1 is 1.20 bits per heavy atom. The lowest BCUT2D eigenvalue weighted by molar-refractivity contribution is 0.00990. The number of hydrogen-bond acceptors (Lipinski definition) is 5. The molecule has 0 spiro atoms. The number of piperidine rings is 1. The molecule has 0 radical (unpaired) electrons. The predicted octanol–water partition coefficient (Wildman–Crippen LogP) is 3.45. The highest BCUT2D eigenvalue weighted by Crippen LogP contribution is 2.33. The third-order valence-electron chi connectivity index (χ3n) is 5.18. The van der Waals surface area contributed by atoms with Crippen molar-refractivity contribution in [2.45, 2.75) is 45.3 Å². The van der Waals surface area contributed by atoms with E-state index < -0.39 is 0 Å². The van der Waals surface area contributed by atoms with E-state index in [1.54, 1.807) is 7.11 Å². The lowest BCUT2D eigenvalue weighted by atomic mass is 10.1. The van der Waals surface area contributed by atoms with E-state index in [2.05, 4.69) is 23.2 Å². The largest absolute Gasteiger partial charge is 0.490 e. The minimum Gasteiger partial charge on any atom is -0.490 e. The van der Waals surface area contributed by atoms with Crippen LogP contribution in [-0.2, 0) is 16.0 Å². The summed E-state index contributed by atoms with van der Waals surface area (Å²) in [5.74, 6) is 2.62. The molecule has 2 heterocycles. The standard InChI is InChI=1S/C22H35N3O4.HI/c1-3-23-22(25-11-9-19(10-12-25)27-14-5-13-26-2)24-17-18-7-4-8-20-21(18)29-16-6-15-28-20;/h4,7-8,19H,3,5-6,9-17H2,1-2H3,(H,23,24);1H. The molecule has 2 aliphatic heterocycles. The minimum atomic E-state index is 0. The summed E-state index contributed by atoms with van der Waals surface area (Å²) in [6.45, 7) is 8.34. The van der Waals surface area contributed by atoms with Crippen molar-refractivity contribution in [1.82, 2.24) is 10.2 Å². The summed E-state index contributed by atoms with van der Waals surface area (Å²) in [6, 6.07) is 6.05. The minimum absolute atomic E-state index is 0. The van der Waals surface area contributed by atoms with Crippen LogP contribution in [0.1, 0.15) is 38.2 Å². The second kappa shape index (κ2) is 13.9. The van der Waals surface area contributed by atoms with Gasteiger partial charge in [0.15, 0.2) is 17.5 Å². The van der Waals surface area contributed by atoms with Crippen molar-refractivity contribution >= 4 is 29.9 Å². The fourth-order valence-electron chi connectivity index (χ4n) is 3.65. The Balaban J connectivity index is 0.00000320. The summed E-state index contributed by atoms with van der Waals surface area (Å²) in [7, 11) is 1.73. The van der Waals surface area contributed by atoms with Gasteiger partial charge in [-0.1, -0.05) is 12.1 Å². The number of halogens is 1. The molecule has 0 aliphatic carbocycles. The van der Waals surface area contributed by atoms with E-state index in [-0.39, 0.29) is 24.0 Å².